The minimum atomic E-state index is -4.89. The Bertz CT molecular complexity index is 1130. The molecule has 0 spiro atoms. The molecule has 0 bridgehead atoms. The SMILES string of the molecule is Cc1ccc2c(c1C1=CC(F)=C(C(=O)N3CCOCC(F)(F)C3)N(C)C1)NC(C(F)(F)F)N2CC(F)F. The Hall–Kier alpha value is -3.03. The van der Waals surface area contributed by atoms with E-state index in [1.165, 1.54) is 24.1 Å². The van der Waals surface area contributed by atoms with Gasteiger partial charge in [0, 0.05) is 25.7 Å². The van der Waals surface area contributed by atoms with Gasteiger partial charge in [-0.05, 0) is 30.2 Å². The highest BCUT2D eigenvalue weighted by molar-refractivity contribution is 5.97. The maximum atomic E-state index is 15.3. The second kappa shape index (κ2) is 9.69. The van der Waals surface area contributed by atoms with Gasteiger partial charge in [0.15, 0.2) is 12.0 Å². The van der Waals surface area contributed by atoms with Crippen molar-refractivity contribution in [2.75, 3.05) is 56.7 Å². The van der Waals surface area contributed by atoms with Gasteiger partial charge >= 0.3 is 6.18 Å². The second-order valence-electron chi connectivity index (χ2n) is 9.14. The summed E-state index contributed by atoms with van der Waals surface area (Å²) in [6, 6.07) is 2.72. The largest absolute Gasteiger partial charge is 0.427 e. The molecule has 0 aliphatic carbocycles. The van der Waals surface area contributed by atoms with E-state index < -0.39 is 61.8 Å². The lowest BCUT2D eigenvalue weighted by Gasteiger charge is -2.32. The zero-order valence-electron chi connectivity index (χ0n) is 19.8. The summed E-state index contributed by atoms with van der Waals surface area (Å²) < 4.78 is 115. The molecule has 3 heterocycles. The number of alkyl halides is 7. The maximum absolute atomic E-state index is 15.3. The summed E-state index contributed by atoms with van der Waals surface area (Å²) in [4.78, 5) is 15.5. The van der Waals surface area contributed by atoms with E-state index in [1.54, 1.807) is 6.92 Å². The van der Waals surface area contributed by atoms with Gasteiger partial charge in [0.25, 0.3) is 18.3 Å². The van der Waals surface area contributed by atoms with Crippen LogP contribution in [0.1, 0.15) is 11.1 Å². The van der Waals surface area contributed by atoms with Crippen molar-refractivity contribution < 1.29 is 44.7 Å². The quantitative estimate of drug-likeness (QED) is 0.575. The molecule has 0 aromatic heterocycles. The number of hydrogen-bond donors (Lipinski definition) is 1. The first kappa shape index (κ1) is 27.0. The monoisotopic (exact) mass is 540 g/mol. The summed E-state index contributed by atoms with van der Waals surface area (Å²) in [5, 5.41) is 2.27. The van der Waals surface area contributed by atoms with Gasteiger partial charge in [-0.2, -0.15) is 13.2 Å². The molecule has 1 aromatic rings. The van der Waals surface area contributed by atoms with Crippen molar-refractivity contribution in [3.8, 4) is 0 Å². The third-order valence-electron chi connectivity index (χ3n) is 6.31. The lowest BCUT2D eigenvalue weighted by molar-refractivity contribution is -0.142. The molecule has 204 valence electrons. The zero-order chi connectivity index (χ0) is 27.3. The molecule has 6 nitrogen and oxygen atoms in total. The number of fused-ring (bicyclic) bond motifs is 1. The first-order valence-electron chi connectivity index (χ1n) is 11.3. The van der Waals surface area contributed by atoms with E-state index in [1.807, 2.05) is 0 Å². The summed E-state index contributed by atoms with van der Waals surface area (Å²) >= 11 is 0. The highest BCUT2D eigenvalue weighted by atomic mass is 19.4. The van der Waals surface area contributed by atoms with E-state index in [9.17, 15) is 35.5 Å². The van der Waals surface area contributed by atoms with Crippen molar-refractivity contribution in [1.29, 1.82) is 0 Å². The van der Waals surface area contributed by atoms with Crippen LogP contribution in [0.2, 0.25) is 0 Å². The van der Waals surface area contributed by atoms with E-state index in [0.717, 1.165) is 11.0 Å². The molecule has 1 fully saturated rings. The number of amides is 1. The van der Waals surface area contributed by atoms with E-state index in [4.69, 9.17) is 4.74 Å². The highest BCUT2D eigenvalue weighted by Gasteiger charge is 2.49. The Kier molecular flexibility index (Phi) is 7.08. The number of nitrogens with zero attached hydrogens (tertiary/aromatic N) is 3. The molecular formula is C23H24F8N4O2. The molecule has 1 saturated heterocycles. The molecule has 0 radical (unpaired) electrons. The molecule has 1 aromatic carbocycles. The molecule has 1 amide bonds. The minimum Gasteiger partial charge on any atom is -0.373 e. The Morgan fingerprint density at radius 2 is 1.97 bits per heavy atom. The minimum absolute atomic E-state index is 0.0884. The average molecular weight is 540 g/mol. The van der Waals surface area contributed by atoms with Crippen molar-refractivity contribution in [1.82, 2.24) is 9.80 Å². The number of halogens is 8. The molecule has 0 saturated carbocycles. The van der Waals surface area contributed by atoms with Crippen LogP contribution in [-0.4, -0.2) is 86.8 Å². The van der Waals surface area contributed by atoms with Gasteiger partial charge in [-0.25, -0.2) is 22.0 Å². The second-order valence-corrected chi connectivity index (χ2v) is 9.14. The van der Waals surface area contributed by atoms with Crippen molar-refractivity contribution >= 4 is 22.9 Å². The molecule has 3 aliphatic heterocycles. The average Bonchev–Trinajstić information content (AvgIpc) is 3.02. The number of hydrogen-bond acceptors (Lipinski definition) is 5. The maximum Gasteiger partial charge on any atom is 0.427 e. The zero-order valence-corrected chi connectivity index (χ0v) is 19.8. The van der Waals surface area contributed by atoms with Gasteiger partial charge in [0.1, 0.15) is 12.3 Å². The smallest absolute Gasteiger partial charge is 0.373 e. The standard InChI is InChI=1S/C23H24F8N4O2/c1-12-3-4-15-18(32-21(23(29,30)31)35(15)9-16(25)26)17(12)13-7-14(24)19(33(2)8-13)20(36)34-5-6-37-11-22(27,28)10-34/h3-4,7,16,21,32H,5-6,8-11H2,1-2H3. The summed E-state index contributed by atoms with van der Waals surface area (Å²) in [5.41, 5.74) is 0.110. The van der Waals surface area contributed by atoms with E-state index in [0.29, 0.717) is 10.5 Å². The molecule has 3 aliphatic rings. The lowest BCUT2D eigenvalue weighted by Crippen LogP contribution is -2.48. The van der Waals surface area contributed by atoms with Gasteiger partial charge in [-0.15, -0.1) is 0 Å². The number of carbonyl (C=O) groups is 1. The van der Waals surface area contributed by atoms with Crippen LogP contribution in [0.3, 0.4) is 0 Å². The van der Waals surface area contributed by atoms with E-state index in [2.05, 4.69) is 5.32 Å². The number of ether oxygens (including phenoxy) is 1. The number of aryl methyl sites for hydroxylation is 1. The Morgan fingerprint density at radius 3 is 2.59 bits per heavy atom. The fourth-order valence-electron chi connectivity index (χ4n) is 4.78. The fraction of sp³-hybridized carbons (Fsp3) is 0.522. The number of anilines is 2. The van der Waals surface area contributed by atoms with E-state index in [-0.39, 0.29) is 42.2 Å². The Balaban J connectivity index is 1.73. The number of likely N-dealkylation sites (N-methyl/N-ethyl adjacent to an activating group) is 1. The number of rotatable bonds is 4. The van der Waals surface area contributed by atoms with Gasteiger partial charge in [0.05, 0.1) is 31.1 Å². The molecule has 37 heavy (non-hydrogen) atoms. The molecule has 1 unspecified atom stereocenters. The highest BCUT2D eigenvalue weighted by Crippen LogP contribution is 2.46. The van der Waals surface area contributed by atoms with Crippen LogP contribution < -0.4 is 10.2 Å². The van der Waals surface area contributed by atoms with Crippen LogP contribution in [0.25, 0.3) is 5.57 Å². The summed E-state index contributed by atoms with van der Waals surface area (Å²) in [6.45, 7) is -1.92. The number of allylic oxidation sites excluding steroid dienone is 2. The first-order valence-corrected chi connectivity index (χ1v) is 11.3. The van der Waals surface area contributed by atoms with Gasteiger partial charge in [0.2, 0.25) is 0 Å². The predicted molar refractivity (Wildman–Crippen MR) is 119 cm³/mol. The summed E-state index contributed by atoms with van der Waals surface area (Å²) in [7, 11) is 1.35. The van der Waals surface area contributed by atoms with E-state index >= 15 is 4.39 Å². The molecular weight excluding hydrogens is 516 g/mol. The van der Waals surface area contributed by atoms with Crippen molar-refractivity contribution in [2.45, 2.75) is 31.6 Å². The first-order chi connectivity index (χ1) is 17.2. The van der Waals surface area contributed by atoms with Crippen LogP contribution >= 0.6 is 0 Å². The van der Waals surface area contributed by atoms with Crippen molar-refractivity contribution in [2.24, 2.45) is 0 Å². The number of carbonyl (C=O) groups excluding carboxylic acids is 1. The third kappa shape index (κ3) is 5.34. The van der Waals surface area contributed by atoms with Gasteiger partial charge in [-0.3, -0.25) is 4.79 Å². The van der Waals surface area contributed by atoms with Crippen molar-refractivity contribution in [3.05, 3.63) is 40.9 Å². The van der Waals surface area contributed by atoms with Gasteiger partial charge < -0.3 is 24.8 Å². The fourth-order valence-corrected chi connectivity index (χ4v) is 4.78. The molecule has 4 rings (SSSR count). The van der Waals surface area contributed by atoms with Crippen LogP contribution in [0.4, 0.5) is 46.5 Å². The molecule has 14 heteroatoms. The lowest BCUT2D eigenvalue weighted by atomic mass is 9.94. The Labute approximate surface area is 207 Å². The Morgan fingerprint density at radius 1 is 1.27 bits per heavy atom. The van der Waals surface area contributed by atoms with Crippen molar-refractivity contribution in [3.63, 3.8) is 0 Å². The topological polar surface area (TPSA) is 48.1 Å². The summed E-state index contributed by atoms with van der Waals surface area (Å²) in [6.07, 6.45) is -9.39. The number of nitrogens with one attached hydrogen (secondary N) is 1. The van der Waals surface area contributed by atoms with Crippen LogP contribution in [0, 0.1) is 6.92 Å². The van der Waals surface area contributed by atoms with Crippen LogP contribution in [-0.2, 0) is 9.53 Å². The van der Waals surface area contributed by atoms with Crippen LogP contribution in [0.15, 0.2) is 29.7 Å². The van der Waals surface area contributed by atoms with Crippen LogP contribution in [0.5, 0.6) is 0 Å². The normalized spacial score (nSPS) is 22.2. The molecule has 1 atom stereocenters. The third-order valence-corrected chi connectivity index (χ3v) is 6.31. The van der Waals surface area contributed by atoms with Gasteiger partial charge in [-0.1, -0.05) is 6.07 Å². The number of benzene rings is 1. The summed E-state index contributed by atoms with van der Waals surface area (Å²) in [5.74, 6) is -5.35. The molecule has 1 N–H and O–H groups in total. The predicted octanol–water partition coefficient (Wildman–Crippen LogP) is 4.38.